The summed E-state index contributed by atoms with van der Waals surface area (Å²) in [6, 6.07) is 18.1. The Bertz CT molecular complexity index is 591. The third kappa shape index (κ3) is 5.58. The van der Waals surface area contributed by atoms with Crippen LogP contribution in [0, 0.1) is 0 Å². The molecule has 0 aliphatic heterocycles. The van der Waals surface area contributed by atoms with E-state index in [-0.39, 0.29) is 5.92 Å². The summed E-state index contributed by atoms with van der Waals surface area (Å²) in [4.78, 5) is 2.46. The summed E-state index contributed by atoms with van der Waals surface area (Å²) >= 11 is 0. The van der Waals surface area contributed by atoms with Crippen molar-refractivity contribution in [2.75, 3.05) is 26.7 Å². The minimum absolute atomic E-state index is 0.0488. The minimum atomic E-state index is -0.537. The van der Waals surface area contributed by atoms with E-state index in [0.717, 1.165) is 43.8 Å². The number of ether oxygens (including phenoxy) is 1. The Morgan fingerprint density at radius 2 is 1.48 bits per heavy atom. The highest BCUT2D eigenvalue weighted by Crippen LogP contribution is 2.32. The second-order valence-electron chi connectivity index (χ2n) is 6.54. The third-order valence-corrected chi connectivity index (χ3v) is 4.60. The first kappa shape index (κ1) is 19.5. The molecule has 2 atom stereocenters. The van der Waals surface area contributed by atoms with Gasteiger partial charge in [-0.05, 0) is 49.2 Å². The molecule has 0 heterocycles. The first-order chi connectivity index (χ1) is 12.2. The lowest BCUT2D eigenvalue weighted by Gasteiger charge is -2.30. The van der Waals surface area contributed by atoms with Crippen molar-refractivity contribution < 1.29 is 9.84 Å². The van der Waals surface area contributed by atoms with Gasteiger partial charge < -0.3 is 14.7 Å². The normalized spacial score (nSPS) is 13.6. The van der Waals surface area contributed by atoms with Crippen LogP contribution in [-0.2, 0) is 0 Å². The first-order valence-corrected chi connectivity index (χ1v) is 9.28. The molecule has 0 aliphatic rings. The van der Waals surface area contributed by atoms with Gasteiger partial charge in [-0.3, -0.25) is 0 Å². The smallest absolute Gasteiger partial charge is 0.118 e. The maximum absolute atomic E-state index is 11.1. The number of nitrogens with zero attached hydrogens (tertiary/aromatic N) is 1. The number of methoxy groups -OCH3 is 1. The quantitative estimate of drug-likeness (QED) is 0.683. The van der Waals surface area contributed by atoms with E-state index in [2.05, 4.69) is 30.9 Å². The monoisotopic (exact) mass is 341 g/mol. The first-order valence-electron chi connectivity index (χ1n) is 9.28. The predicted octanol–water partition coefficient (Wildman–Crippen LogP) is 4.63. The van der Waals surface area contributed by atoms with Gasteiger partial charge in [-0.15, -0.1) is 0 Å². The number of aliphatic hydroxyl groups is 1. The summed E-state index contributed by atoms with van der Waals surface area (Å²) in [6.45, 7) is 7.40. The van der Waals surface area contributed by atoms with Crippen molar-refractivity contribution in [1.29, 1.82) is 0 Å². The molecule has 2 aromatic rings. The minimum Gasteiger partial charge on any atom is -0.497 e. The van der Waals surface area contributed by atoms with Gasteiger partial charge in [-0.2, -0.15) is 0 Å². The second-order valence-corrected chi connectivity index (χ2v) is 6.54. The topological polar surface area (TPSA) is 32.7 Å². The average molecular weight is 341 g/mol. The van der Waals surface area contributed by atoms with Gasteiger partial charge in [0.2, 0.25) is 0 Å². The lowest BCUT2D eigenvalue weighted by molar-refractivity contribution is 0.116. The summed E-state index contributed by atoms with van der Waals surface area (Å²) in [5.74, 6) is 0.860. The highest BCUT2D eigenvalue weighted by atomic mass is 16.5. The highest BCUT2D eigenvalue weighted by molar-refractivity contribution is 5.31. The molecule has 1 N–H and O–H groups in total. The number of hydrogen-bond acceptors (Lipinski definition) is 3. The zero-order valence-electron chi connectivity index (χ0n) is 15.7. The van der Waals surface area contributed by atoms with Crippen LogP contribution in [0.25, 0.3) is 0 Å². The Balaban J connectivity index is 2.26. The molecule has 0 radical (unpaired) electrons. The van der Waals surface area contributed by atoms with Crippen LogP contribution in [0.15, 0.2) is 54.6 Å². The number of hydrogen-bond donors (Lipinski definition) is 1. The van der Waals surface area contributed by atoms with Crippen molar-refractivity contribution in [3.8, 4) is 5.75 Å². The van der Waals surface area contributed by atoms with Crippen LogP contribution in [0.4, 0.5) is 0 Å². The van der Waals surface area contributed by atoms with Crippen LogP contribution in [-0.4, -0.2) is 36.8 Å². The summed E-state index contributed by atoms with van der Waals surface area (Å²) in [5.41, 5.74) is 2.12. The lowest BCUT2D eigenvalue weighted by Crippen LogP contribution is -2.32. The van der Waals surface area contributed by atoms with Crippen LogP contribution >= 0.6 is 0 Å². The molecular formula is C22H31NO2. The fourth-order valence-electron chi connectivity index (χ4n) is 3.33. The Morgan fingerprint density at radius 3 is 2.00 bits per heavy atom. The summed E-state index contributed by atoms with van der Waals surface area (Å²) in [5, 5.41) is 11.1. The molecule has 0 saturated carbocycles. The van der Waals surface area contributed by atoms with Gasteiger partial charge in [0.1, 0.15) is 5.75 Å². The van der Waals surface area contributed by atoms with E-state index in [4.69, 9.17) is 4.74 Å². The van der Waals surface area contributed by atoms with Crippen molar-refractivity contribution in [2.45, 2.75) is 38.7 Å². The van der Waals surface area contributed by atoms with Crippen LogP contribution in [0.1, 0.15) is 49.8 Å². The van der Waals surface area contributed by atoms with Crippen molar-refractivity contribution in [1.82, 2.24) is 4.90 Å². The standard InChI is InChI=1S/C22H31NO2/c1-4-15-23(16-5-2)17-21(18-9-7-6-8-10-18)22(24)19-11-13-20(25-3)14-12-19/h6-14,21-22,24H,4-5,15-17H2,1-3H3/t21-,22-/m0/s1. The molecule has 3 nitrogen and oxygen atoms in total. The van der Waals surface area contributed by atoms with Crippen LogP contribution in [0.3, 0.4) is 0 Å². The molecule has 136 valence electrons. The maximum Gasteiger partial charge on any atom is 0.118 e. The van der Waals surface area contributed by atoms with Crippen LogP contribution in [0.2, 0.25) is 0 Å². The molecule has 0 aromatic heterocycles. The van der Waals surface area contributed by atoms with Crippen LogP contribution < -0.4 is 4.74 Å². The molecule has 0 unspecified atom stereocenters. The molecule has 0 bridgehead atoms. The molecule has 0 aliphatic carbocycles. The van der Waals surface area contributed by atoms with Gasteiger partial charge in [0.15, 0.2) is 0 Å². The number of rotatable bonds is 10. The number of aliphatic hydroxyl groups excluding tert-OH is 1. The van der Waals surface area contributed by atoms with Crippen molar-refractivity contribution >= 4 is 0 Å². The fourth-order valence-corrected chi connectivity index (χ4v) is 3.33. The zero-order valence-corrected chi connectivity index (χ0v) is 15.7. The fraction of sp³-hybridized carbons (Fsp3) is 0.455. The summed E-state index contributed by atoms with van der Waals surface area (Å²) in [6.07, 6.45) is 1.71. The molecule has 0 fully saturated rings. The molecular weight excluding hydrogens is 310 g/mol. The highest BCUT2D eigenvalue weighted by Gasteiger charge is 2.25. The van der Waals surface area contributed by atoms with Crippen molar-refractivity contribution in [2.24, 2.45) is 0 Å². The van der Waals surface area contributed by atoms with Crippen molar-refractivity contribution in [3.63, 3.8) is 0 Å². The lowest BCUT2D eigenvalue weighted by atomic mass is 9.88. The van der Waals surface area contributed by atoms with E-state index >= 15 is 0 Å². The molecule has 25 heavy (non-hydrogen) atoms. The Morgan fingerprint density at radius 1 is 0.880 bits per heavy atom. The second kappa shape index (κ2) is 10.2. The Kier molecular flexibility index (Phi) is 7.96. The molecule has 0 amide bonds. The van der Waals surface area contributed by atoms with E-state index < -0.39 is 6.10 Å². The van der Waals surface area contributed by atoms with E-state index in [0.29, 0.717) is 0 Å². The summed E-state index contributed by atoms with van der Waals surface area (Å²) < 4.78 is 5.23. The molecule has 0 saturated heterocycles. The maximum atomic E-state index is 11.1. The van der Waals surface area contributed by atoms with Gasteiger partial charge in [0, 0.05) is 12.5 Å². The van der Waals surface area contributed by atoms with Gasteiger partial charge >= 0.3 is 0 Å². The Labute approximate surface area is 152 Å². The summed E-state index contributed by atoms with van der Waals surface area (Å²) in [7, 11) is 1.66. The van der Waals surface area contributed by atoms with Gasteiger partial charge in [0.25, 0.3) is 0 Å². The number of benzene rings is 2. The van der Waals surface area contributed by atoms with Gasteiger partial charge in [-0.25, -0.2) is 0 Å². The molecule has 0 spiro atoms. The SMILES string of the molecule is CCCN(CCC)C[C@@H](c1ccccc1)[C@@H](O)c1ccc(OC)cc1. The Hall–Kier alpha value is -1.84. The van der Waals surface area contributed by atoms with Gasteiger partial charge in [0.05, 0.1) is 13.2 Å². The van der Waals surface area contributed by atoms with Crippen LogP contribution in [0.5, 0.6) is 5.75 Å². The van der Waals surface area contributed by atoms with Gasteiger partial charge in [-0.1, -0.05) is 56.3 Å². The molecule has 2 rings (SSSR count). The predicted molar refractivity (Wildman–Crippen MR) is 104 cm³/mol. The van der Waals surface area contributed by atoms with Crippen molar-refractivity contribution in [3.05, 3.63) is 65.7 Å². The van der Waals surface area contributed by atoms with E-state index in [9.17, 15) is 5.11 Å². The zero-order chi connectivity index (χ0) is 18.1. The molecule has 3 heteroatoms. The molecule has 2 aromatic carbocycles. The van der Waals surface area contributed by atoms with E-state index in [1.165, 1.54) is 5.56 Å². The van der Waals surface area contributed by atoms with E-state index in [1.54, 1.807) is 7.11 Å². The van der Waals surface area contributed by atoms with E-state index in [1.807, 2.05) is 42.5 Å². The average Bonchev–Trinajstić information content (AvgIpc) is 2.66. The third-order valence-electron chi connectivity index (χ3n) is 4.60. The largest absolute Gasteiger partial charge is 0.497 e.